The zero-order valence-electron chi connectivity index (χ0n) is 22.1. The van der Waals surface area contributed by atoms with Crippen LogP contribution in [0.25, 0.3) is 0 Å². The van der Waals surface area contributed by atoms with E-state index in [2.05, 4.69) is 32.0 Å². The van der Waals surface area contributed by atoms with Crippen molar-refractivity contribution in [3.8, 4) is 0 Å². The van der Waals surface area contributed by atoms with Gasteiger partial charge in [0.05, 0.1) is 4.92 Å². The Labute approximate surface area is 219 Å². The van der Waals surface area contributed by atoms with Gasteiger partial charge >= 0.3 is 0 Å². The lowest BCUT2D eigenvalue weighted by atomic mass is 9.93. The molecular weight excluding hydrogens is 466 g/mol. The van der Waals surface area contributed by atoms with Crippen molar-refractivity contribution in [2.45, 2.75) is 58.9 Å². The molecule has 9 nitrogen and oxygen atoms in total. The number of nitrogen functional groups attached to an aromatic ring is 1. The Hall–Kier alpha value is -3.62. The molecule has 2 aliphatic heterocycles. The van der Waals surface area contributed by atoms with Crippen molar-refractivity contribution < 1.29 is 4.92 Å². The van der Waals surface area contributed by atoms with Gasteiger partial charge in [0, 0.05) is 61.9 Å². The highest BCUT2D eigenvalue weighted by Gasteiger charge is 2.20. The fraction of sp³-hybridized carbons (Fsp3) is 0.500. The zero-order valence-corrected chi connectivity index (χ0v) is 22.1. The Morgan fingerprint density at radius 1 is 0.892 bits per heavy atom. The summed E-state index contributed by atoms with van der Waals surface area (Å²) in [6.45, 7) is 9.36. The number of nitrogens with zero attached hydrogens (tertiary/aromatic N) is 6. The molecule has 0 unspecified atom stereocenters. The van der Waals surface area contributed by atoms with Gasteiger partial charge in [-0.1, -0.05) is 0 Å². The second-order valence-corrected chi connectivity index (χ2v) is 10.1. The van der Waals surface area contributed by atoms with Gasteiger partial charge in [-0.15, -0.1) is 0 Å². The van der Waals surface area contributed by atoms with Crippen LogP contribution in [-0.4, -0.2) is 45.9 Å². The number of nitro benzene ring substituents is 1. The van der Waals surface area contributed by atoms with Crippen LogP contribution in [0.5, 0.6) is 0 Å². The predicted octanol–water partition coefficient (Wildman–Crippen LogP) is 5.37. The van der Waals surface area contributed by atoms with Gasteiger partial charge in [0.25, 0.3) is 5.69 Å². The van der Waals surface area contributed by atoms with E-state index in [1.807, 2.05) is 42.8 Å². The van der Waals surface area contributed by atoms with Gasteiger partial charge in [0.2, 0.25) is 0 Å². The molecule has 2 N–H and O–H groups in total. The summed E-state index contributed by atoms with van der Waals surface area (Å²) < 4.78 is 2.04. The van der Waals surface area contributed by atoms with E-state index in [-0.39, 0.29) is 10.6 Å². The fourth-order valence-electron chi connectivity index (χ4n) is 5.18. The highest BCUT2D eigenvalue weighted by Crippen LogP contribution is 2.26. The molecule has 37 heavy (non-hydrogen) atoms. The minimum Gasteiger partial charge on any atom is -0.399 e. The number of nitrogens with two attached hydrogens (primary N) is 1. The smallest absolute Gasteiger partial charge is 0.269 e. The van der Waals surface area contributed by atoms with Crippen LogP contribution in [0.2, 0.25) is 0 Å². The van der Waals surface area contributed by atoms with Gasteiger partial charge in [-0.05, 0) is 94.7 Å². The van der Waals surface area contributed by atoms with E-state index in [0.29, 0.717) is 0 Å². The van der Waals surface area contributed by atoms with Gasteiger partial charge in [-0.2, -0.15) is 5.10 Å². The average Bonchev–Trinajstić information content (AvgIpc) is 3.25. The number of non-ortho nitro benzene ring substituents is 1. The standard InChI is InChI=1S/C17H25N5.C11H14N2O2/c1-13-19-14(2)22(20-13)12-9-15-7-10-21(11-8-15)17-5-3-16(18)4-6-17;14-13(15)11-6-4-10(5-7-11)12-8-2-1-3-9-12/h3-6,15H,7-12,18H2,1-2H3;4-7H,1-3,8-9H2. The molecule has 5 rings (SSSR count). The number of nitro groups is 1. The molecule has 0 amide bonds. The van der Waals surface area contributed by atoms with Crippen molar-refractivity contribution in [2.24, 2.45) is 5.92 Å². The van der Waals surface area contributed by atoms with Gasteiger partial charge < -0.3 is 15.5 Å². The summed E-state index contributed by atoms with van der Waals surface area (Å²) in [4.78, 5) is 19.2. The molecule has 0 radical (unpaired) electrons. The molecule has 2 aromatic carbocycles. The minimum absolute atomic E-state index is 0.163. The van der Waals surface area contributed by atoms with E-state index in [9.17, 15) is 10.1 Å². The lowest BCUT2D eigenvalue weighted by Gasteiger charge is -2.33. The van der Waals surface area contributed by atoms with Gasteiger partial charge in [-0.25, -0.2) is 4.98 Å². The minimum atomic E-state index is -0.361. The molecule has 2 fully saturated rings. The summed E-state index contributed by atoms with van der Waals surface area (Å²) in [5.41, 5.74) is 9.13. The van der Waals surface area contributed by atoms with E-state index >= 15 is 0 Å². The molecule has 3 aromatic rings. The van der Waals surface area contributed by atoms with Crippen LogP contribution < -0.4 is 15.5 Å². The third-order valence-electron chi connectivity index (χ3n) is 7.37. The van der Waals surface area contributed by atoms with Crippen molar-refractivity contribution in [3.63, 3.8) is 0 Å². The van der Waals surface area contributed by atoms with Gasteiger partial charge in [-0.3, -0.25) is 14.8 Å². The fourth-order valence-corrected chi connectivity index (χ4v) is 5.18. The second kappa shape index (κ2) is 12.6. The first-order valence-electron chi connectivity index (χ1n) is 13.4. The molecule has 9 heteroatoms. The normalized spacial score (nSPS) is 16.3. The highest BCUT2D eigenvalue weighted by atomic mass is 16.6. The number of piperidine rings is 2. The first kappa shape index (κ1) is 26.4. The summed E-state index contributed by atoms with van der Waals surface area (Å²) >= 11 is 0. The first-order valence-corrected chi connectivity index (χ1v) is 13.4. The second-order valence-electron chi connectivity index (χ2n) is 10.1. The largest absolute Gasteiger partial charge is 0.399 e. The maximum absolute atomic E-state index is 10.5. The Bertz CT molecular complexity index is 1130. The van der Waals surface area contributed by atoms with Crippen LogP contribution in [0, 0.1) is 29.9 Å². The lowest BCUT2D eigenvalue weighted by Crippen LogP contribution is -2.34. The highest BCUT2D eigenvalue weighted by molar-refractivity contribution is 5.53. The summed E-state index contributed by atoms with van der Waals surface area (Å²) in [5, 5.41) is 14.9. The molecule has 3 heterocycles. The van der Waals surface area contributed by atoms with E-state index < -0.39 is 0 Å². The summed E-state index contributed by atoms with van der Waals surface area (Å²) in [5.74, 6) is 2.68. The quantitative estimate of drug-likeness (QED) is 0.273. The maximum atomic E-state index is 10.5. The van der Waals surface area contributed by atoms with Crippen molar-refractivity contribution in [1.82, 2.24) is 14.8 Å². The van der Waals surface area contributed by atoms with Crippen molar-refractivity contribution >= 4 is 22.7 Å². The molecule has 0 aliphatic carbocycles. The van der Waals surface area contributed by atoms with Crippen molar-refractivity contribution in [1.29, 1.82) is 0 Å². The SMILES string of the molecule is Cc1nc(C)n(CCC2CCN(c3ccc(N)cc3)CC2)n1.O=[N+]([O-])c1ccc(N2CCCCC2)cc1. The van der Waals surface area contributed by atoms with Crippen LogP contribution in [0.4, 0.5) is 22.7 Å². The lowest BCUT2D eigenvalue weighted by molar-refractivity contribution is -0.384. The Morgan fingerprint density at radius 2 is 1.46 bits per heavy atom. The summed E-state index contributed by atoms with van der Waals surface area (Å²) in [6.07, 6.45) is 7.42. The number of anilines is 3. The first-order chi connectivity index (χ1) is 17.9. The molecule has 0 atom stereocenters. The molecule has 0 bridgehead atoms. The number of rotatable bonds is 6. The predicted molar refractivity (Wildman–Crippen MR) is 149 cm³/mol. The molecule has 0 saturated carbocycles. The monoisotopic (exact) mass is 505 g/mol. The molecule has 1 aromatic heterocycles. The molecule has 2 saturated heterocycles. The molecule has 198 valence electrons. The number of benzene rings is 2. The topological polar surface area (TPSA) is 106 Å². The Kier molecular flexibility index (Phi) is 8.98. The maximum Gasteiger partial charge on any atom is 0.269 e. The third kappa shape index (κ3) is 7.44. The van der Waals surface area contributed by atoms with Crippen LogP contribution in [0.1, 0.15) is 50.2 Å². The van der Waals surface area contributed by atoms with Crippen molar-refractivity contribution in [3.05, 3.63) is 70.3 Å². The number of aryl methyl sites for hydroxylation is 3. The molecular formula is C28H39N7O2. The van der Waals surface area contributed by atoms with E-state index in [0.717, 1.165) is 61.7 Å². The van der Waals surface area contributed by atoms with Crippen LogP contribution in [0.15, 0.2) is 48.5 Å². The average molecular weight is 506 g/mol. The van der Waals surface area contributed by atoms with E-state index in [1.54, 1.807) is 12.1 Å². The third-order valence-corrected chi connectivity index (χ3v) is 7.37. The van der Waals surface area contributed by atoms with Crippen LogP contribution >= 0.6 is 0 Å². The van der Waals surface area contributed by atoms with E-state index in [1.165, 1.54) is 44.2 Å². The van der Waals surface area contributed by atoms with Crippen LogP contribution in [0.3, 0.4) is 0 Å². The molecule has 0 spiro atoms. The van der Waals surface area contributed by atoms with Crippen LogP contribution in [-0.2, 0) is 6.54 Å². The summed E-state index contributed by atoms with van der Waals surface area (Å²) in [6, 6.07) is 15.0. The number of hydrogen-bond donors (Lipinski definition) is 1. The number of aromatic nitrogens is 3. The zero-order chi connectivity index (χ0) is 26.2. The Morgan fingerprint density at radius 3 is 2.00 bits per heavy atom. The summed E-state index contributed by atoms with van der Waals surface area (Å²) in [7, 11) is 0. The Balaban J connectivity index is 0.000000186. The van der Waals surface area contributed by atoms with Gasteiger partial charge in [0.15, 0.2) is 0 Å². The molecule has 2 aliphatic rings. The van der Waals surface area contributed by atoms with E-state index in [4.69, 9.17) is 5.73 Å². The van der Waals surface area contributed by atoms with Gasteiger partial charge in [0.1, 0.15) is 11.6 Å². The van der Waals surface area contributed by atoms with Crippen molar-refractivity contribution in [2.75, 3.05) is 41.7 Å². The number of hydrogen-bond acceptors (Lipinski definition) is 7.